The highest BCUT2D eigenvalue weighted by atomic mass is 19.1. The van der Waals surface area contributed by atoms with E-state index in [9.17, 15) is 4.39 Å². The number of halogens is 1. The maximum absolute atomic E-state index is 13.3. The Balaban J connectivity index is 1.24. The number of piperidine rings is 1. The number of fused-ring (bicyclic) bond motifs is 1. The highest BCUT2D eigenvalue weighted by Crippen LogP contribution is 2.31. The van der Waals surface area contributed by atoms with Crippen molar-refractivity contribution in [1.82, 2.24) is 10.2 Å². The van der Waals surface area contributed by atoms with E-state index in [0.717, 1.165) is 42.6 Å². The number of hydrogen-bond donors (Lipinski definition) is 0. The average Bonchev–Trinajstić information content (AvgIpc) is 3.18. The van der Waals surface area contributed by atoms with Crippen LogP contribution in [0, 0.1) is 5.82 Å². The van der Waals surface area contributed by atoms with Crippen LogP contribution < -0.4 is 4.84 Å². The Morgan fingerprint density at radius 2 is 1.69 bits per heavy atom. The van der Waals surface area contributed by atoms with Crippen molar-refractivity contribution in [3.8, 4) is 17.0 Å². The molecule has 3 aromatic carbocycles. The smallest absolute Gasteiger partial charge is 0.170 e. The minimum Gasteiger partial charge on any atom is -0.406 e. The monoisotopic (exact) mass is 388 g/mol. The number of aromatic nitrogens is 1. The zero-order valence-corrected chi connectivity index (χ0v) is 15.9. The van der Waals surface area contributed by atoms with Gasteiger partial charge < -0.3 is 9.36 Å². The van der Waals surface area contributed by atoms with Crippen LogP contribution >= 0.6 is 0 Å². The summed E-state index contributed by atoms with van der Waals surface area (Å²) in [5.41, 5.74) is 3.47. The fourth-order valence-corrected chi connectivity index (χ4v) is 3.95. The standard InChI is InChI=1S/C24H21FN2O2/c25-20-8-11-22-23(16-20)28-26-24(22)19-6-9-21(10-7-19)29-27-14-12-18(13-15-27)17-4-2-1-3-5-17/h1-11,16,18H,12-15H2. The molecule has 0 N–H and O–H groups in total. The van der Waals surface area contributed by atoms with Crippen molar-refractivity contribution in [2.45, 2.75) is 18.8 Å². The number of rotatable bonds is 4. The summed E-state index contributed by atoms with van der Waals surface area (Å²) in [6.45, 7) is 1.81. The van der Waals surface area contributed by atoms with E-state index in [1.54, 1.807) is 6.07 Å². The summed E-state index contributed by atoms with van der Waals surface area (Å²) < 4.78 is 18.6. The summed E-state index contributed by atoms with van der Waals surface area (Å²) in [5, 5.41) is 6.92. The molecule has 0 amide bonds. The van der Waals surface area contributed by atoms with Gasteiger partial charge in [0, 0.05) is 30.1 Å². The lowest BCUT2D eigenvalue weighted by molar-refractivity contribution is -0.0756. The van der Waals surface area contributed by atoms with Crippen molar-refractivity contribution in [2.24, 2.45) is 0 Å². The Morgan fingerprint density at radius 1 is 0.931 bits per heavy atom. The normalized spacial score (nSPS) is 15.6. The Morgan fingerprint density at radius 3 is 2.45 bits per heavy atom. The predicted octanol–water partition coefficient (Wildman–Crippen LogP) is 5.81. The van der Waals surface area contributed by atoms with Gasteiger partial charge in [-0.3, -0.25) is 0 Å². The molecule has 1 aliphatic heterocycles. The van der Waals surface area contributed by atoms with Gasteiger partial charge in [-0.25, -0.2) is 4.39 Å². The van der Waals surface area contributed by atoms with Gasteiger partial charge in [-0.05, 0) is 60.7 Å². The van der Waals surface area contributed by atoms with E-state index < -0.39 is 0 Å². The largest absolute Gasteiger partial charge is 0.406 e. The van der Waals surface area contributed by atoms with E-state index >= 15 is 0 Å². The third-order valence-electron chi connectivity index (χ3n) is 5.52. The summed E-state index contributed by atoms with van der Waals surface area (Å²) >= 11 is 0. The molecule has 5 rings (SSSR count). The molecule has 4 aromatic rings. The molecular formula is C24H21FN2O2. The Hall–Kier alpha value is -3.18. The Bertz CT molecular complexity index is 1100. The molecule has 5 heteroatoms. The number of hydrogen-bond acceptors (Lipinski definition) is 4. The molecule has 0 bridgehead atoms. The molecule has 1 aromatic heterocycles. The molecule has 1 aliphatic rings. The molecule has 0 aliphatic carbocycles. The first-order valence-corrected chi connectivity index (χ1v) is 9.89. The Kier molecular flexibility index (Phi) is 4.74. The van der Waals surface area contributed by atoms with Gasteiger partial charge in [0.25, 0.3) is 0 Å². The van der Waals surface area contributed by atoms with Gasteiger partial charge in [-0.1, -0.05) is 35.5 Å². The van der Waals surface area contributed by atoms with Crippen LogP contribution in [0.4, 0.5) is 4.39 Å². The molecule has 0 spiro atoms. The van der Waals surface area contributed by atoms with Crippen molar-refractivity contribution in [3.63, 3.8) is 0 Å². The van der Waals surface area contributed by atoms with E-state index in [2.05, 4.69) is 35.5 Å². The SMILES string of the molecule is Fc1ccc2c(-c3ccc(ON4CCC(c5ccccc5)CC4)cc3)noc2c1. The van der Waals surface area contributed by atoms with E-state index in [4.69, 9.17) is 9.36 Å². The van der Waals surface area contributed by atoms with Crippen LogP contribution in [0.3, 0.4) is 0 Å². The lowest BCUT2D eigenvalue weighted by atomic mass is 9.90. The zero-order chi connectivity index (χ0) is 19.6. The van der Waals surface area contributed by atoms with Gasteiger partial charge in [0.1, 0.15) is 17.3 Å². The molecule has 1 saturated heterocycles. The van der Waals surface area contributed by atoms with E-state index in [1.807, 2.05) is 29.3 Å². The second-order valence-corrected chi connectivity index (χ2v) is 7.40. The van der Waals surface area contributed by atoms with Crippen molar-refractivity contribution >= 4 is 11.0 Å². The van der Waals surface area contributed by atoms with Gasteiger partial charge in [0.2, 0.25) is 0 Å². The third-order valence-corrected chi connectivity index (χ3v) is 5.52. The van der Waals surface area contributed by atoms with Crippen LogP contribution in [0.5, 0.6) is 5.75 Å². The first-order chi connectivity index (χ1) is 14.3. The summed E-state index contributed by atoms with van der Waals surface area (Å²) in [7, 11) is 0. The molecule has 0 atom stereocenters. The maximum atomic E-state index is 13.3. The lowest BCUT2D eigenvalue weighted by Gasteiger charge is -2.31. The first kappa shape index (κ1) is 17.9. The molecule has 146 valence electrons. The van der Waals surface area contributed by atoms with Gasteiger partial charge >= 0.3 is 0 Å². The molecule has 1 fully saturated rings. The van der Waals surface area contributed by atoms with Gasteiger partial charge in [-0.2, -0.15) is 0 Å². The van der Waals surface area contributed by atoms with Crippen LogP contribution in [-0.2, 0) is 0 Å². The van der Waals surface area contributed by atoms with Gasteiger partial charge in [-0.15, -0.1) is 5.06 Å². The highest BCUT2D eigenvalue weighted by Gasteiger charge is 2.21. The molecule has 4 nitrogen and oxygen atoms in total. The lowest BCUT2D eigenvalue weighted by Crippen LogP contribution is -2.35. The van der Waals surface area contributed by atoms with Crippen LogP contribution in [0.15, 0.2) is 77.3 Å². The molecule has 2 heterocycles. The third kappa shape index (κ3) is 3.74. The number of hydroxylamine groups is 2. The van der Waals surface area contributed by atoms with Crippen LogP contribution in [-0.4, -0.2) is 23.3 Å². The topological polar surface area (TPSA) is 38.5 Å². The molecular weight excluding hydrogens is 367 g/mol. The van der Waals surface area contributed by atoms with E-state index in [-0.39, 0.29) is 5.82 Å². The molecule has 0 radical (unpaired) electrons. The molecule has 0 unspecified atom stereocenters. The fraction of sp³-hybridized carbons (Fsp3) is 0.208. The summed E-state index contributed by atoms with van der Waals surface area (Å²) in [6, 6.07) is 22.9. The van der Waals surface area contributed by atoms with Crippen LogP contribution in [0.2, 0.25) is 0 Å². The van der Waals surface area contributed by atoms with Gasteiger partial charge in [0.05, 0.1) is 0 Å². The number of benzene rings is 3. The second kappa shape index (κ2) is 7.68. The van der Waals surface area contributed by atoms with E-state index in [0.29, 0.717) is 17.2 Å². The summed E-state index contributed by atoms with van der Waals surface area (Å²) in [4.78, 5) is 6.05. The second-order valence-electron chi connectivity index (χ2n) is 7.40. The van der Waals surface area contributed by atoms with Crippen LogP contribution in [0.1, 0.15) is 24.3 Å². The summed E-state index contributed by atoms with van der Waals surface area (Å²) in [5.74, 6) is 1.06. The average molecular weight is 388 g/mol. The van der Waals surface area contributed by atoms with Crippen molar-refractivity contribution in [2.75, 3.05) is 13.1 Å². The number of nitrogens with zero attached hydrogens (tertiary/aromatic N) is 2. The molecule has 0 saturated carbocycles. The Labute approximate surface area is 168 Å². The minimum atomic E-state index is -0.333. The minimum absolute atomic E-state index is 0.333. The van der Waals surface area contributed by atoms with Crippen molar-refractivity contribution in [3.05, 3.63) is 84.2 Å². The predicted molar refractivity (Wildman–Crippen MR) is 110 cm³/mol. The quantitative estimate of drug-likeness (QED) is 0.442. The highest BCUT2D eigenvalue weighted by molar-refractivity contribution is 5.91. The maximum Gasteiger partial charge on any atom is 0.170 e. The molecule has 29 heavy (non-hydrogen) atoms. The summed E-state index contributed by atoms with van der Waals surface area (Å²) in [6.07, 6.45) is 2.17. The van der Waals surface area contributed by atoms with Crippen LogP contribution in [0.25, 0.3) is 22.2 Å². The van der Waals surface area contributed by atoms with Gasteiger partial charge in [0.15, 0.2) is 5.58 Å². The fourth-order valence-electron chi connectivity index (χ4n) is 3.95. The van der Waals surface area contributed by atoms with Crippen molar-refractivity contribution < 1.29 is 13.8 Å². The van der Waals surface area contributed by atoms with Crippen molar-refractivity contribution in [1.29, 1.82) is 0 Å². The zero-order valence-electron chi connectivity index (χ0n) is 15.9. The van der Waals surface area contributed by atoms with E-state index in [1.165, 1.54) is 17.7 Å². The first-order valence-electron chi connectivity index (χ1n) is 9.89.